The lowest BCUT2D eigenvalue weighted by Crippen LogP contribution is -2.65. The molecular weight excluding hydrogens is 1210 g/mol. The second-order valence-electron chi connectivity index (χ2n) is 19.3. The van der Waals surface area contributed by atoms with E-state index in [1.165, 1.54) is 14.7 Å². The van der Waals surface area contributed by atoms with Crippen LogP contribution in [0.3, 0.4) is 0 Å². The van der Waals surface area contributed by atoms with Crippen LogP contribution in [0.5, 0.6) is 0 Å². The van der Waals surface area contributed by atoms with Crippen molar-refractivity contribution in [1.82, 2.24) is 46.9 Å². The van der Waals surface area contributed by atoms with Gasteiger partial charge < -0.3 is 84.0 Å². The molecule has 39 nitrogen and oxygen atoms in total. The van der Waals surface area contributed by atoms with Crippen molar-refractivity contribution in [3.05, 3.63) is 0 Å². The van der Waals surface area contributed by atoms with E-state index in [1.54, 1.807) is 0 Å². The van der Waals surface area contributed by atoms with Crippen molar-refractivity contribution < 1.29 is 144 Å². The Hall–Kier alpha value is -8.31. The Morgan fingerprint density at radius 1 is 0.348 bits per heavy atom. The highest BCUT2D eigenvalue weighted by Crippen LogP contribution is 2.30. The SMILES string of the molecule is CC(=O)OC[C@H]1OC(NOCC(=O)NCCNC(=O)CN(CCN(CCN(CC(=O)O)CC(=O)NCCNC(=O)CONC2O[C@H](COC(C)=O)[C@@H](OC(C)=O)[C@H](OC(C)=O)[C@H]2OC(C)=O)CC(=O)O)CC(=O)O)[C@H](OC(C)=O)[C@@H](OC(C)=O)[C@@H]1OC(C)=O. The van der Waals surface area contributed by atoms with Crippen molar-refractivity contribution in [2.45, 2.75) is 117 Å². The molecule has 0 aromatic heterocycles. The highest BCUT2D eigenvalue weighted by molar-refractivity contribution is 5.81. The highest BCUT2D eigenvalue weighted by atomic mass is 16.7. The van der Waals surface area contributed by atoms with E-state index in [2.05, 4.69) is 32.2 Å². The predicted molar refractivity (Wildman–Crippen MR) is 286 cm³/mol. The van der Waals surface area contributed by atoms with E-state index in [4.69, 9.17) is 57.0 Å². The minimum absolute atomic E-state index is 0.164. The van der Waals surface area contributed by atoms with Gasteiger partial charge in [-0.1, -0.05) is 0 Å². The topological polar surface area (TPSA) is 509 Å². The zero-order chi connectivity index (χ0) is 66.9. The molecule has 10 atom stereocenters. The van der Waals surface area contributed by atoms with E-state index in [0.29, 0.717) is 0 Å². The third kappa shape index (κ3) is 32.5. The van der Waals surface area contributed by atoms with Crippen LogP contribution in [0.1, 0.15) is 55.4 Å². The quantitative estimate of drug-likeness (QED) is 0.0119. The molecule has 0 radical (unpaired) electrons. The number of carboxylic acids is 3. The zero-order valence-corrected chi connectivity index (χ0v) is 50.0. The van der Waals surface area contributed by atoms with E-state index in [1.807, 2.05) is 0 Å². The fraction of sp³-hybridized carbons (Fsp3) is 0.700. The average molecular weight is 1280 g/mol. The number of carboxylic acid groups (broad SMARTS) is 3. The smallest absolute Gasteiger partial charge is 0.317 e. The molecule has 2 aliphatic heterocycles. The summed E-state index contributed by atoms with van der Waals surface area (Å²) in [6.45, 7) is 1.33. The summed E-state index contributed by atoms with van der Waals surface area (Å²) in [5, 5.41) is 38.6. The van der Waals surface area contributed by atoms with Crippen LogP contribution in [0.4, 0.5) is 0 Å². The highest BCUT2D eigenvalue weighted by Gasteiger charge is 2.54. The molecule has 89 heavy (non-hydrogen) atoms. The van der Waals surface area contributed by atoms with E-state index < -0.39 is 210 Å². The van der Waals surface area contributed by atoms with Gasteiger partial charge in [0.05, 0.1) is 32.7 Å². The normalized spacial score (nSPS) is 21.2. The summed E-state index contributed by atoms with van der Waals surface area (Å²) < 4.78 is 53.5. The number of ether oxygens (including phenoxy) is 10. The summed E-state index contributed by atoms with van der Waals surface area (Å²) in [6.07, 6.45) is -14.7. The maximum absolute atomic E-state index is 12.9. The lowest BCUT2D eigenvalue weighted by atomic mass is 9.97. The number of rotatable bonds is 40. The van der Waals surface area contributed by atoms with Crippen molar-refractivity contribution in [3.63, 3.8) is 0 Å². The first kappa shape index (κ1) is 76.8. The first-order valence-electron chi connectivity index (χ1n) is 27.1. The molecule has 0 spiro atoms. The molecule has 502 valence electrons. The van der Waals surface area contributed by atoms with Gasteiger partial charge in [0.2, 0.25) is 23.6 Å². The summed E-state index contributed by atoms with van der Waals surface area (Å²) in [6, 6.07) is 0. The van der Waals surface area contributed by atoms with Crippen LogP contribution < -0.4 is 32.2 Å². The number of carbonyl (C=O) groups excluding carboxylic acids is 12. The van der Waals surface area contributed by atoms with Gasteiger partial charge >= 0.3 is 65.7 Å². The fourth-order valence-electron chi connectivity index (χ4n) is 8.29. The molecule has 4 amide bonds. The van der Waals surface area contributed by atoms with E-state index in [-0.39, 0.29) is 52.4 Å². The van der Waals surface area contributed by atoms with Crippen molar-refractivity contribution >= 4 is 89.3 Å². The number of hydroxylamine groups is 2. The Labute approximate surface area is 507 Å². The lowest BCUT2D eigenvalue weighted by Gasteiger charge is -2.44. The largest absolute Gasteiger partial charge is 0.480 e. The van der Waals surface area contributed by atoms with Gasteiger partial charge in [-0.15, -0.1) is 0 Å². The predicted octanol–water partition coefficient (Wildman–Crippen LogP) is -7.18. The van der Waals surface area contributed by atoms with Crippen LogP contribution in [0.25, 0.3) is 0 Å². The molecular formula is C50H77N9O30. The van der Waals surface area contributed by atoms with Crippen molar-refractivity contribution in [2.75, 3.05) is 112 Å². The van der Waals surface area contributed by atoms with Gasteiger partial charge in [-0.3, -0.25) is 96.3 Å². The van der Waals surface area contributed by atoms with Gasteiger partial charge in [0, 0.05) is 108 Å². The minimum Gasteiger partial charge on any atom is -0.480 e. The summed E-state index contributed by atoms with van der Waals surface area (Å²) in [4.78, 5) is 196. The number of aliphatic carboxylic acids is 3. The number of carbonyl (C=O) groups is 15. The average Bonchev–Trinajstić information content (AvgIpc) is 0.872. The molecule has 0 saturated carbocycles. The van der Waals surface area contributed by atoms with Gasteiger partial charge in [-0.2, -0.15) is 11.0 Å². The van der Waals surface area contributed by atoms with Crippen molar-refractivity contribution in [2.24, 2.45) is 0 Å². The first-order chi connectivity index (χ1) is 41.8. The minimum atomic E-state index is -1.54. The van der Waals surface area contributed by atoms with Crippen LogP contribution in [0.2, 0.25) is 0 Å². The lowest BCUT2D eigenvalue weighted by molar-refractivity contribution is -0.274. The Morgan fingerprint density at radius 2 is 0.618 bits per heavy atom. The van der Waals surface area contributed by atoms with Gasteiger partial charge in [0.25, 0.3) is 0 Å². The summed E-state index contributed by atoms with van der Waals surface area (Å²) in [7, 11) is 0. The fourth-order valence-corrected chi connectivity index (χ4v) is 8.29. The third-order valence-corrected chi connectivity index (χ3v) is 11.6. The molecule has 0 aromatic rings. The molecule has 2 aliphatic rings. The Bertz CT molecular complexity index is 2320. The number of amides is 4. The molecule has 0 aliphatic carbocycles. The molecule has 0 aromatic carbocycles. The van der Waals surface area contributed by atoms with Crippen LogP contribution in [-0.4, -0.2) is 292 Å². The summed E-state index contributed by atoms with van der Waals surface area (Å²) in [5.74, 6) is -13.7. The number of hydrogen-bond donors (Lipinski definition) is 9. The number of hydrogen-bond acceptors (Lipinski definition) is 32. The Kier molecular flexibility index (Phi) is 34.7. The van der Waals surface area contributed by atoms with Crippen molar-refractivity contribution in [1.29, 1.82) is 0 Å². The second kappa shape index (κ2) is 40.3. The van der Waals surface area contributed by atoms with Gasteiger partial charge in [0.15, 0.2) is 49.1 Å². The zero-order valence-electron chi connectivity index (χ0n) is 50.0. The molecule has 2 heterocycles. The summed E-state index contributed by atoms with van der Waals surface area (Å²) >= 11 is 0. The summed E-state index contributed by atoms with van der Waals surface area (Å²) in [5.41, 5.74) is 4.73. The Morgan fingerprint density at radius 3 is 0.910 bits per heavy atom. The van der Waals surface area contributed by atoms with Crippen LogP contribution >= 0.6 is 0 Å². The molecule has 2 saturated heterocycles. The standard InChI is InChI=1S/C50H77N9O30/c1-26(60)78-22-34-43(82-28(3)62)45(84-30(5)64)47(86-32(7)66)49(88-34)55-80-24-38(70)53-11-9-51-36(68)17-58(20-41(74)75)15-13-57(19-40(72)73)14-16-59(21-42(76)77)18-37(69)52-10-12-54-39(71)25-81-56-50-48(87-33(8)67)46(85-31(6)65)44(83-29(4)63)35(89-50)23-79-27(2)61/h34-35,43-50,55-56H,9-25H2,1-8H3,(H,51,68)(H,52,69)(H,53,70)(H,54,71)(H,72,73)(H,74,75)(H,76,77)/t34-,35-,43-,44-,45+,46+,47-,48-,49?,50?/m1/s1. The van der Waals surface area contributed by atoms with E-state index in [9.17, 15) is 87.2 Å². The molecule has 2 fully saturated rings. The monoisotopic (exact) mass is 1280 g/mol. The number of esters is 8. The molecule has 2 rings (SSSR count). The third-order valence-electron chi connectivity index (χ3n) is 11.6. The maximum atomic E-state index is 12.9. The molecule has 2 unspecified atom stereocenters. The molecule has 9 N–H and O–H groups in total. The first-order valence-corrected chi connectivity index (χ1v) is 27.1. The molecule has 0 bridgehead atoms. The van der Waals surface area contributed by atoms with Gasteiger partial charge in [-0.25, -0.2) is 0 Å². The van der Waals surface area contributed by atoms with E-state index >= 15 is 0 Å². The second-order valence-corrected chi connectivity index (χ2v) is 19.3. The van der Waals surface area contributed by atoms with E-state index in [0.717, 1.165) is 55.4 Å². The van der Waals surface area contributed by atoms with Gasteiger partial charge in [-0.05, 0) is 0 Å². The van der Waals surface area contributed by atoms with Crippen LogP contribution in [0, 0.1) is 0 Å². The number of nitrogens with zero attached hydrogens (tertiary/aromatic N) is 3. The van der Waals surface area contributed by atoms with Crippen molar-refractivity contribution in [3.8, 4) is 0 Å². The van der Waals surface area contributed by atoms with Gasteiger partial charge in [0.1, 0.15) is 38.6 Å². The van der Waals surface area contributed by atoms with Crippen LogP contribution in [-0.2, 0) is 129 Å². The Balaban J connectivity index is 1.93. The maximum Gasteiger partial charge on any atom is 0.317 e. The molecule has 39 heteroatoms. The van der Waals surface area contributed by atoms with Crippen LogP contribution in [0.15, 0.2) is 0 Å². The number of nitrogens with one attached hydrogen (secondary N) is 6.